The standard InChI is InChI=1S/C34H26N4/c35-21-25(22-36)28-19-32-33(27-16-8-7-15-26(27)28)37-34-18-10-9-17-30(34)29(23-11-3-1-4-12-23)20-31(38(32)34)24-13-5-2-6-14-24/h1-8,11-16,19-20,29-30H,9-10,17-18H2/t29-,30+,34-/m0/s1. The first-order valence-electron chi connectivity index (χ1n) is 13.3. The van der Waals surface area contributed by atoms with E-state index in [-0.39, 0.29) is 11.5 Å². The van der Waals surface area contributed by atoms with Crippen LogP contribution in [0.2, 0.25) is 0 Å². The number of anilines is 1. The minimum atomic E-state index is -0.415. The first-order chi connectivity index (χ1) is 18.7. The van der Waals surface area contributed by atoms with Crippen LogP contribution in [0.5, 0.6) is 0 Å². The molecule has 1 saturated carbocycles. The van der Waals surface area contributed by atoms with Gasteiger partial charge in [-0.3, -0.25) is 4.99 Å². The zero-order chi connectivity index (χ0) is 25.7. The Kier molecular flexibility index (Phi) is 5.17. The molecule has 3 atom stereocenters. The van der Waals surface area contributed by atoms with Crippen LogP contribution in [0.1, 0.15) is 42.7 Å². The summed E-state index contributed by atoms with van der Waals surface area (Å²) in [4.78, 5) is 8.13. The molecule has 4 aromatic carbocycles. The van der Waals surface area contributed by atoms with Crippen LogP contribution in [0.4, 0.5) is 5.69 Å². The maximum Gasteiger partial charge on any atom is 0.140 e. The molecule has 1 spiro atoms. The second-order valence-corrected chi connectivity index (χ2v) is 10.5. The van der Waals surface area contributed by atoms with Gasteiger partial charge in [-0.15, -0.1) is 0 Å². The van der Waals surface area contributed by atoms with Crippen molar-refractivity contribution in [1.29, 1.82) is 10.5 Å². The molecule has 1 fully saturated rings. The summed E-state index contributed by atoms with van der Waals surface area (Å²) in [6.45, 7) is 0. The van der Waals surface area contributed by atoms with E-state index in [0.717, 1.165) is 52.3 Å². The van der Waals surface area contributed by atoms with E-state index in [1.54, 1.807) is 0 Å². The summed E-state index contributed by atoms with van der Waals surface area (Å²) in [6, 6.07) is 35.8. The second-order valence-electron chi connectivity index (χ2n) is 10.5. The summed E-state index contributed by atoms with van der Waals surface area (Å²) in [5.74, 6) is 0.559. The minimum Gasteiger partial charge on any atom is -0.314 e. The second kappa shape index (κ2) is 8.72. The Morgan fingerprint density at radius 1 is 0.842 bits per heavy atom. The van der Waals surface area contributed by atoms with Crippen LogP contribution < -0.4 is 15.5 Å². The molecule has 0 amide bonds. The quantitative estimate of drug-likeness (QED) is 0.336. The lowest BCUT2D eigenvalue weighted by Gasteiger charge is -2.53. The molecular formula is C34H26N4. The van der Waals surface area contributed by atoms with E-state index in [4.69, 9.17) is 4.99 Å². The molecule has 0 radical (unpaired) electrons. The first-order valence-corrected chi connectivity index (χ1v) is 13.3. The van der Waals surface area contributed by atoms with Crippen molar-refractivity contribution in [1.82, 2.24) is 0 Å². The number of nitrogens with zero attached hydrogens (tertiary/aromatic N) is 4. The van der Waals surface area contributed by atoms with Crippen LogP contribution in [0.25, 0.3) is 22.0 Å². The molecular weight excluding hydrogens is 464 g/mol. The van der Waals surface area contributed by atoms with Gasteiger partial charge in [0, 0.05) is 28.1 Å². The van der Waals surface area contributed by atoms with Gasteiger partial charge in [0.2, 0.25) is 0 Å². The van der Waals surface area contributed by atoms with Crippen LogP contribution in [0.3, 0.4) is 0 Å². The largest absolute Gasteiger partial charge is 0.314 e. The van der Waals surface area contributed by atoms with Crippen molar-refractivity contribution in [3.8, 4) is 12.1 Å². The third-order valence-corrected chi connectivity index (χ3v) is 8.59. The highest BCUT2D eigenvalue weighted by Gasteiger charge is 2.55. The van der Waals surface area contributed by atoms with Crippen LogP contribution in [-0.4, -0.2) is 5.66 Å². The molecule has 4 aromatic rings. The SMILES string of the molecule is N#CC(C#N)=c1cc2c(c3ccccc13)=N[C@]13CCCC[C@@H]1[C@H](c1ccccc1)C=C(c1ccccc1)N23. The molecule has 182 valence electrons. The lowest BCUT2D eigenvalue weighted by molar-refractivity contribution is 0.176. The van der Waals surface area contributed by atoms with E-state index >= 15 is 0 Å². The Morgan fingerprint density at radius 3 is 2.26 bits per heavy atom. The van der Waals surface area contributed by atoms with Gasteiger partial charge in [-0.25, -0.2) is 0 Å². The maximum absolute atomic E-state index is 9.84. The van der Waals surface area contributed by atoms with E-state index in [2.05, 4.69) is 89.8 Å². The molecule has 7 rings (SSSR count). The molecule has 3 aliphatic rings. The highest BCUT2D eigenvalue weighted by atomic mass is 15.4. The van der Waals surface area contributed by atoms with E-state index in [1.165, 1.54) is 12.0 Å². The van der Waals surface area contributed by atoms with E-state index in [9.17, 15) is 10.5 Å². The number of fused-ring (bicyclic) bond motifs is 4. The molecule has 4 nitrogen and oxygen atoms in total. The van der Waals surface area contributed by atoms with Crippen LogP contribution in [0, 0.1) is 28.6 Å². The van der Waals surface area contributed by atoms with Gasteiger partial charge < -0.3 is 4.90 Å². The van der Waals surface area contributed by atoms with Crippen molar-refractivity contribution in [2.45, 2.75) is 37.3 Å². The van der Waals surface area contributed by atoms with Gasteiger partial charge in [-0.05, 0) is 41.8 Å². The molecule has 0 saturated heterocycles. The lowest BCUT2D eigenvalue weighted by Crippen LogP contribution is -2.55. The number of rotatable bonds is 2. The van der Waals surface area contributed by atoms with Crippen molar-refractivity contribution in [2.24, 2.45) is 10.9 Å². The molecule has 38 heavy (non-hydrogen) atoms. The van der Waals surface area contributed by atoms with Crippen molar-refractivity contribution in [2.75, 3.05) is 4.90 Å². The molecule has 0 N–H and O–H groups in total. The molecule has 0 unspecified atom stereocenters. The molecule has 2 heterocycles. The summed E-state index contributed by atoms with van der Waals surface area (Å²) in [5.41, 5.74) is 4.34. The normalized spacial score (nSPS) is 23.2. The topological polar surface area (TPSA) is 63.2 Å². The molecule has 0 aromatic heterocycles. The summed E-state index contributed by atoms with van der Waals surface area (Å²) in [6.07, 6.45) is 6.82. The van der Waals surface area contributed by atoms with Gasteiger partial charge in [0.25, 0.3) is 0 Å². The van der Waals surface area contributed by atoms with Crippen LogP contribution in [0.15, 0.2) is 102 Å². The fourth-order valence-electron chi connectivity index (χ4n) is 7.02. The Balaban J connectivity index is 1.60. The number of allylic oxidation sites excluding steroid dienone is 1. The van der Waals surface area contributed by atoms with Gasteiger partial charge in [0.15, 0.2) is 0 Å². The number of hydrogen-bond donors (Lipinski definition) is 0. The molecule has 4 heteroatoms. The number of benzene rings is 4. The molecule has 2 aliphatic heterocycles. The van der Waals surface area contributed by atoms with Crippen molar-refractivity contribution in [3.05, 3.63) is 119 Å². The van der Waals surface area contributed by atoms with Gasteiger partial charge in [-0.1, -0.05) is 97.4 Å². The Labute approximate surface area is 222 Å². The van der Waals surface area contributed by atoms with Crippen LogP contribution >= 0.6 is 0 Å². The number of hydrogen-bond acceptors (Lipinski definition) is 4. The van der Waals surface area contributed by atoms with Gasteiger partial charge >= 0.3 is 0 Å². The Hall–Kier alpha value is -4.67. The van der Waals surface area contributed by atoms with E-state index < -0.39 is 5.66 Å². The fourth-order valence-corrected chi connectivity index (χ4v) is 7.02. The summed E-state index contributed by atoms with van der Waals surface area (Å²) < 4.78 is 0. The van der Waals surface area contributed by atoms with Gasteiger partial charge in [0.05, 0.1) is 11.0 Å². The van der Waals surface area contributed by atoms with Crippen molar-refractivity contribution in [3.63, 3.8) is 0 Å². The van der Waals surface area contributed by atoms with E-state index in [1.807, 2.05) is 24.3 Å². The first kappa shape index (κ1) is 22.5. The minimum absolute atomic E-state index is 0.134. The predicted molar refractivity (Wildman–Crippen MR) is 150 cm³/mol. The van der Waals surface area contributed by atoms with Gasteiger partial charge in [-0.2, -0.15) is 10.5 Å². The summed E-state index contributed by atoms with van der Waals surface area (Å²) in [5, 5.41) is 23.2. The molecule has 0 bridgehead atoms. The number of nitriles is 2. The average Bonchev–Trinajstić information content (AvgIpc) is 3.32. The maximum atomic E-state index is 9.84. The third-order valence-electron chi connectivity index (χ3n) is 8.59. The predicted octanol–water partition coefficient (Wildman–Crippen LogP) is 6.20. The highest BCUT2D eigenvalue weighted by molar-refractivity contribution is 5.95. The fraction of sp³-hybridized carbons (Fsp3) is 0.206. The van der Waals surface area contributed by atoms with E-state index in [0.29, 0.717) is 11.1 Å². The average molecular weight is 491 g/mol. The third kappa shape index (κ3) is 3.17. The monoisotopic (exact) mass is 490 g/mol. The summed E-state index contributed by atoms with van der Waals surface area (Å²) in [7, 11) is 0. The van der Waals surface area contributed by atoms with Crippen molar-refractivity contribution < 1.29 is 0 Å². The Morgan fingerprint density at radius 2 is 1.53 bits per heavy atom. The van der Waals surface area contributed by atoms with Crippen molar-refractivity contribution >= 4 is 27.7 Å². The summed E-state index contributed by atoms with van der Waals surface area (Å²) >= 11 is 0. The van der Waals surface area contributed by atoms with Gasteiger partial charge in [0.1, 0.15) is 23.4 Å². The van der Waals surface area contributed by atoms with Crippen LogP contribution in [-0.2, 0) is 0 Å². The highest BCUT2D eigenvalue weighted by Crippen LogP contribution is 2.56. The lowest BCUT2D eigenvalue weighted by atomic mass is 9.66. The smallest absolute Gasteiger partial charge is 0.140 e. The zero-order valence-electron chi connectivity index (χ0n) is 21.0. The molecule has 1 aliphatic carbocycles. The zero-order valence-corrected chi connectivity index (χ0v) is 21.0. The Bertz CT molecular complexity index is 1790.